The molecular weight excluding hydrogens is 620 g/mol. The minimum atomic E-state index is -0.673. The van der Waals surface area contributed by atoms with Crippen molar-refractivity contribution in [3.05, 3.63) is 64.7 Å². The number of ether oxygens (including phenoxy) is 6. The van der Waals surface area contributed by atoms with E-state index in [0.717, 1.165) is 28.9 Å². The van der Waals surface area contributed by atoms with Gasteiger partial charge in [-0.25, -0.2) is 9.86 Å². The number of hydroxylamine groups is 2. The van der Waals surface area contributed by atoms with Gasteiger partial charge in [0.1, 0.15) is 5.44 Å². The second-order valence-electron chi connectivity index (χ2n) is 10.4. The number of amides is 2. The van der Waals surface area contributed by atoms with Crippen molar-refractivity contribution < 1.29 is 38.4 Å². The molecule has 0 radical (unpaired) electrons. The molecule has 0 aliphatic carbocycles. The van der Waals surface area contributed by atoms with Gasteiger partial charge in [-0.05, 0) is 85.8 Å². The number of unbranched alkanes of at least 4 members (excludes halogenated alkanes) is 1. The summed E-state index contributed by atoms with van der Waals surface area (Å²) in [5.41, 5.74) is 1.68. The Morgan fingerprint density at radius 2 is 1.51 bits per heavy atom. The first-order chi connectivity index (χ1) is 21.7. The smallest absolute Gasteiger partial charge is 0.345 e. The van der Waals surface area contributed by atoms with Crippen LogP contribution in [0.15, 0.2) is 53.4 Å². The highest BCUT2D eigenvalue weighted by Crippen LogP contribution is 2.48. The number of urea groups is 1. The van der Waals surface area contributed by atoms with Gasteiger partial charge >= 0.3 is 6.03 Å². The van der Waals surface area contributed by atoms with E-state index in [1.54, 1.807) is 28.4 Å². The van der Waals surface area contributed by atoms with Gasteiger partial charge in [0.2, 0.25) is 5.75 Å². The number of thioether (sulfide) groups is 1. The van der Waals surface area contributed by atoms with E-state index >= 15 is 0 Å². The van der Waals surface area contributed by atoms with E-state index in [-0.39, 0.29) is 24.2 Å². The van der Waals surface area contributed by atoms with Crippen molar-refractivity contribution in [2.75, 3.05) is 40.3 Å². The topological polar surface area (TPSA) is 108 Å². The molecule has 244 valence electrons. The fourth-order valence-electron chi connectivity index (χ4n) is 5.07. The van der Waals surface area contributed by atoms with E-state index < -0.39 is 6.03 Å². The number of nitrogens with zero attached hydrogens (tertiary/aromatic N) is 1. The number of benzene rings is 3. The summed E-state index contributed by atoms with van der Waals surface area (Å²) in [6, 6.07) is 14.2. The maximum absolute atomic E-state index is 13.0. The fraction of sp³-hybridized carbons (Fsp3) is 0.424. The van der Waals surface area contributed by atoms with Gasteiger partial charge in [-0.2, -0.15) is 0 Å². The molecule has 0 saturated carbocycles. The minimum absolute atomic E-state index is 0.195. The SMILES string of the molecule is CCCCN(O)C(=O)Nc1cc(C2CCC(c3cc(OC)c(OC)c(OC)c3)O2)cc(OC)c1OC(C)Sc1ccc(Cl)cc1. The van der Waals surface area contributed by atoms with Crippen molar-refractivity contribution in [2.45, 2.75) is 62.1 Å². The monoisotopic (exact) mass is 660 g/mol. The lowest BCUT2D eigenvalue weighted by Gasteiger charge is -2.24. The first kappa shape index (κ1) is 34.4. The molecular formula is C33H41ClN2O8S. The summed E-state index contributed by atoms with van der Waals surface area (Å²) < 4.78 is 35.2. The summed E-state index contributed by atoms with van der Waals surface area (Å²) in [6.07, 6.45) is 2.39. The Hall–Kier alpha value is -3.51. The van der Waals surface area contributed by atoms with Gasteiger partial charge in [0, 0.05) is 9.92 Å². The number of nitrogens with one attached hydrogen (secondary N) is 1. The maximum Gasteiger partial charge on any atom is 0.345 e. The van der Waals surface area contributed by atoms with Crippen molar-refractivity contribution >= 4 is 35.1 Å². The van der Waals surface area contributed by atoms with Crippen LogP contribution in [0.5, 0.6) is 28.7 Å². The van der Waals surface area contributed by atoms with Crippen molar-refractivity contribution in [1.29, 1.82) is 0 Å². The largest absolute Gasteiger partial charge is 0.493 e. The van der Waals surface area contributed by atoms with Crippen LogP contribution in [0, 0.1) is 0 Å². The number of rotatable bonds is 14. The van der Waals surface area contributed by atoms with Crippen LogP contribution in [0.3, 0.4) is 0 Å². The highest BCUT2D eigenvalue weighted by Gasteiger charge is 2.31. The molecule has 2 N–H and O–H groups in total. The van der Waals surface area contributed by atoms with Crippen LogP contribution < -0.4 is 29.0 Å². The van der Waals surface area contributed by atoms with E-state index in [1.165, 1.54) is 11.8 Å². The normalized spacial score (nSPS) is 16.5. The zero-order valence-corrected chi connectivity index (χ0v) is 28.0. The van der Waals surface area contributed by atoms with E-state index in [4.69, 9.17) is 40.0 Å². The fourth-order valence-corrected chi connectivity index (χ4v) is 6.02. The molecule has 1 aliphatic rings. The van der Waals surface area contributed by atoms with Gasteiger partial charge in [-0.15, -0.1) is 0 Å². The number of hydrogen-bond donors (Lipinski definition) is 2. The molecule has 3 aromatic carbocycles. The molecule has 1 aliphatic heterocycles. The molecule has 4 rings (SSSR count). The van der Waals surface area contributed by atoms with Crippen molar-refractivity contribution in [3.63, 3.8) is 0 Å². The highest BCUT2D eigenvalue weighted by molar-refractivity contribution is 7.99. The Kier molecular flexibility index (Phi) is 12.3. The summed E-state index contributed by atoms with van der Waals surface area (Å²) >= 11 is 7.53. The standard InChI is InChI=1S/C33H41ClN2O8S/c1-7-8-15-36(38)33(37)35-25-16-21(17-28(39-3)31(25)43-20(2)45-24-11-9-23(34)10-12-24)26-13-14-27(44-26)22-18-29(40-4)32(42-6)30(19-22)41-5/h9-12,16-20,26-27,38H,7-8,13-15H2,1-6H3,(H,35,37). The van der Waals surface area contributed by atoms with E-state index in [1.807, 2.05) is 62.4 Å². The van der Waals surface area contributed by atoms with E-state index in [2.05, 4.69) is 5.32 Å². The van der Waals surface area contributed by atoms with Crippen LogP contribution in [0.25, 0.3) is 0 Å². The minimum Gasteiger partial charge on any atom is -0.493 e. The lowest BCUT2D eigenvalue weighted by molar-refractivity contribution is -0.0379. The second-order valence-corrected chi connectivity index (χ2v) is 12.2. The number of methoxy groups -OCH3 is 4. The number of carbonyl (C=O) groups excluding carboxylic acids is 1. The summed E-state index contributed by atoms with van der Waals surface area (Å²) in [6.45, 7) is 4.08. The van der Waals surface area contributed by atoms with Crippen LogP contribution in [0.2, 0.25) is 5.02 Å². The molecule has 3 atom stereocenters. The Morgan fingerprint density at radius 3 is 2.04 bits per heavy atom. The molecule has 0 aromatic heterocycles. The molecule has 0 bridgehead atoms. The molecule has 3 aromatic rings. The molecule has 1 saturated heterocycles. The van der Waals surface area contributed by atoms with Gasteiger partial charge in [0.15, 0.2) is 23.0 Å². The zero-order valence-electron chi connectivity index (χ0n) is 26.4. The van der Waals surface area contributed by atoms with E-state index in [0.29, 0.717) is 57.4 Å². The summed E-state index contributed by atoms with van der Waals surface area (Å²) in [5, 5.41) is 14.5. The number of hydrogen-bond acceptors (Lipinski definition) is 9. The van der Waals surface area contributed by atoms with Gasteiger partial charge in [-0.3, -0.25) is 5.21 Å². The van der Waals surface area contributed by atoms with Gasteiger partial charge in [0.05, 0.1) is 52.9 Å². The lowest BCUT2D eigenvalue weighted by atomic mass is 10.0. The van der Waals surface area contributed by atoms with Gasteiger partial charge < -0.3 is 33.7 Å². The average molecular weight is 661 g/mol. The van der Waals surface area contributed by atoms with Gasteiger partial charge in [-0.1, -0.05) is 36.7 Å². The quantitative estimate of drug-likeness (QED) is 0.0761. The first-order valence-corrected chi connectivity index (χ1v) is 16.0. The van der Waals surface area contributed by atoms with Crippen molar-refractivity contribution in [2.24, 2.45) is 0 Å². The Balaban J connectivity index is 1.63. The predicted octanol–water partition coefficient (Wildman–Crippen LogP) is 8.51. The molecule has 1 fully saturated rings. The number of anilines is 1. The predicted molar refractivity (Wildman–Crippen MR) is 175 cm³/mol. The lowest BCUT2D eigenvalue weighted by Crippen LogP contribution is -2.33. The zero-order chi connectivity index (χ0) is 32.5. The van der Waals surface area contributed by atoms with Crippen LogP contribution in [0.4, 0.5) is 10.5 Å². The van der Waals surface area contributed by atoms with Crippen LogP contribution in [-0.2, 0) is 4.74 Å². The molecule has 45 heavy (non-hydrogen) atoms. The summed E-state index contributed by atoms with van der Waals surface area (Å²) in [7, 11) is 6.27. The van der Waals surface area contributed by atoms with E-state index in [9.17, 15) is 10.0 Å². The summed E-state index contributed by atoms with van der Waals surface area (Å²) in [4.78, 5) is 14.0. The summed E-state index contributed by atoms with van der Waals surface area (Å²) in [5.74, 6) is 2.37. The third-order valence-corrected chi connectivity index (χ3v) is 8.57. The number of halogens is 1. The number of carbonyl (C=O) groups is 1. The first-order valence-electron chi connectivity index (χ1n) is 14.7. The van der Waals surface area contributed by atoms with Crippen LogP contribution in [0.1, 0.15) is 62.9 Å². The highest BCUT2D eigenvalue weighted by atomic mass is 35.5. The maximum atomic E-state index is 13.0. The van der Waals surface area contributed by atoms with Crippen LogP contribution in [-0.4, -0.2) is 56.7 Å². The third kappa shape index (κ3) is 8.61. The molecule has 0 spiro atoms. The third-order valence-electron chi connectivity index (χ3n) is 7.35. The Bertz CT molecular complexity index is 1420. The Labute approximate surface area is 273 Å². The van der Waals surface area contributed by atoms with Crippen molar-refractivity contribution in [1.82, 2.24) is 5.06 Å². The molecule has 1 heterocycles. The Morgan fingerprint density at radius 1 is 0.956 bits per heavy atom. The van der Waals surface area contributed by atoms with Gasteiger partial charge in [0.25, 0.3) is 0 Å². The molecule has 2 amide bonds. The molecule has 3 unspecified atom stereocenters. The second kappa shape index (κ2) is 16.2. The van der Waals surface area contributed by atoms with Crippen molar-refractivity contribution in [3.8, 4) is 28.7 Å². The molecule has 12 heteroatoms. The average Bonchev–Trinajstić information content (AvgIpc) is 3.55. The molecule has 10 nitrogen and oxygen atoms in total. The van der Waals surface area contributed by atoms with Crippen LogP contribution >= 0.6 is 23.4 Å².